The first-order chi connectivity index (χ1) is 16.9. The van der Waals surface area contributed by atoms with Gasteiger partial charge in [-0.1, -0.05) is 97.5 Å². The number of carbonyl (C=O) groups excluding carboxylic acids is 1. The molecule has 35 heavy (non-hydrogen) atoms. The van der Waals surface area contributed by atoms with Crippen LogP contribution in [-0.4, -0.2) is 30.2 Å². The fourth-order valence-corrected chi connectivity index (χ4v) is 7.17. The molecule has 0 spiro atoms. The Morgan fingerprint density at radius 1 is 0.829 bits per heavy atom. The Morgan fingerprint density at radius 3 is 1.80 bits per heavy atom. The SMILES string of the molecule is C=C(C)C=O.CCCCCC1CCC(CCC2CCC3CC(CC(C)CO)CCC3C2)CC1.CO. The molecule has 0 saturated heterocycles. The number of aliphatic hydroxyl groups excluding tert-OH is 2. The molecule has 3 aliphatic rings. The first-order valence-electron chi connectivity index (χ1n) is 15.1. The van der Waals surface area contributed by atoms with Crippen LogP contribution in [-0.2, 0) is 4.79 Å². The van der Waals surface area contributed by atoms with Crippen molar-refractivity contribution in [3.8, 4) is 0 Å². The van der Waals surface area contributed by atoms with E-state index in [4.69, 9.17) is 5.11 Å². The third-order valence-electron chi connectivity index (χ3n) is 9.24. The summed E-state index contributed by atoms with van der Waals surface area (Å²) in [7, 11) is 1.00. The van der Waals surface area contributed by atoms with Gasteiger partial charge in [0.15, 0.2) is 0 Å². The molecule has 5 atom stereocenters. The molecule has 0 aliphatic heterocycles. The number of allylic oxidation sites excluding steroid dienone is 1. The molecule has 206 valence electrons. The summed E-state index contributed by atoms with van der Waals surface area (Å²) >= 11 is 0. The van der Waals surface area contributed by atoms with Gasteiger partial charge in [-0.3, -0.25) is 4.79 Å². The number of carbonyl (C=O) groups is 1. The molecule has 0 bridgehead atoms. The summed E-state index contributed by atoms with van der Waals surface area (Å²) in [4.78, 5) is 9.41. The topological polar surface area (TPSA) is 57.5 Å². The highest BCUT2D eigenvalue weighted by Gasteiger charge is 2.36. The Morgan fingerprint density at radius 2 is 1.29 bits per heavy atom. The highest BCUT2D eigenvalue weighted by atomic mass is 16.3. The Balaban J connectivity index is 0.000000779. The molecule has 3 nitrogen and oxygen atoms in total. The van der Waals surface area contributed by atoms with Gasteiger partial charge < -0.3 is 10.2 Å². The summed E-state index contributed by atoms with van der Waals surface area (Å²) in [5.41, 5.74) is 0.574. The van der Waals surface area contributed by atoms with Crippen molar-refractivity contribution in [3.05, 3.63) is 12.2 Å². The Kier molecular flexibility index (Phi) is 18.0. The zero-order valence-electron chi connectivity index (χ0n) is 23.9. The number of hydrogen-bond donors (Lipinski definition) is 2. The number of rotatable bonds is 11. The lowest BCUT2D eigenvalue weighted by atomic mass is 9.63. The smallest absolute Gasteiger partial charge is 0.145 e. The molecule has 0 aromatic heterocycles. The fraction of sp³-hybridized carbons (Fsp3) is 0.906. The molecule has 5 unspecified atom stereocenters. The zero-order chi connectivity index (χ0) is 26.1. The number of unbranched alkanes of at least 4 members (excludes halogenated alkanes) is 2. The summed E-state index contributed by atoms with van der Waals surface area (Å²) in [6.45, 7) is 9.90. The van der Waals surface area contributed by atoms with E-state index in [1.807, 2.05) is 0 Å². The lowest BCUT2D eigenvalue weighted by Crippen LogP contribution is -2.32. The molecule has 2 N–H and O–H groups in total. The molecular formula is C32H60O3. The second-order valence-corrected chi connectivity index (χ2v) is 12.3. The predicted octanol–water partition coefficient (Wildman–Crippen LogP) is 8.37. The lowest BCUT2D eigenvalue weighted by Gasteiger charge is -2.43. The minimum absolute atomic E-state index is 0.382. The Hall–Kier alpha value is -0.670. The van der Waals surface area contributed by atoms with E-state index in [1.54, 1.807) is 39.0 Å². The maximum atomic E-state index is 9.41. The minimum atomic E-state index is 0.382. The molecule has 3 rings (SSSR count). The third kappa shape index (κ3) is 13.4. The van der Waals surface area contributed by atoms with Crippen LogP contribution in [0, 0.1) is 41.4 Å². The number of hydrogen-bond acceptors (Lipinski definition) is 3. The minimum Gasteiger partial charge on any atom is -0.400 e. The second-order valence-electron chi connectivity index (χ2n) is 12.3. The zero-order valence-corrected chi connectivity index (χ0v) is 23.9. The fourth-order valence-electron chi connectivity index (χ4n) is 7.17. The first kappa shape index (κ1) is 32.4. The van der Waals surface area contributed by atoms with E-state index in [0.717, 1.165) is 48.9 Å². The van der Waals surface area contributed by atoms with Gasteiger partial charge in [0.05, 0.1) is 0 Å². The maximum absolute atomic E-state index is 9.41. The van der Waals surface area contributed by atoms with Gasteiger partial charge in [-0.05, 0) is 86.0 Å². The van der Waals surface area contributed by atoms with Crippen LogP contribution >= 0.6 is 0 Å². The number of aldehydes is 1. The predicted molar refractivity (Wildman–Crippen MR) is 150 cm³/mol. The maximum Gasteiger partial charge on any atom is 0.145 e. The summed E-state index contributed by atoms with van der Waals surface area (Å²) in [5, 5.41) is 16.4. The average Bonchev–Trinajstić information content (AvgIpc) is 2.89. The van der Waals surface area contributed by atoms with Crippen molar-refractivity contribution < 1.29 is 15.0 Å². The van der Waals surface area contributed by atoms with E-state index in [-0.39, 0.29) is 0 Å². The molecule has 3 fully saturated rings. The molecule has 3 heteroatoms. The van der Waals surface area contributed by atoms with Crippen molar-refractivity contribution in [1.29, 1.82) is 0 Å². The van der Waals surface area contributed by atoms with Gasteiger partial charge in [-0.2, -0.15) is 0 Å². The molecule has 3 saturated carbocycles. The molecule has 0 aromatic carbocycles. The van der Waals surface area contributed by atoms with Crippen molar-refractivity contribution in [2.75, 3.05) is 13.7 Å². The average molecular weight is 493 g/mol. The number of aliphatic hydroxyl groups is 2. The summed E-state index contributed by atoms with van der Waals surface area (Å²) < 4.78 is 0. The Labute approximate surface area is 218 Å². The van der Waals surface area contributed by atoms with Gasteiger partial charge in [0.2, 0.25) is 0 Å². The van der Waals surface area contributed by atoms with Crippen LogP contribution in [0.3, 0.4) is 0 Å². The van der Waals surface area contributed by atoms with Gasteiger partial charge in [0.25, 0.3) is 0 Å². The van der Waals surface area contributed by atoms with Crippen LogP contribution in [0.25, 0.3) is 0 Å². The van der Waals surface area contributed by atoms with E-state index in [0.29, 0.717) is 18.1 Å². The van der Waals surface area contributed by atoms with E-state index in [9.17, 15) is 9.90 Å². The van der Waals surface area contributed by atoms with Crippen molar-refractivity contribution in [2.24, 2.45) is 41.4 Å². The molecule has 0 heterocycles. The van der Waals surface area contributed by atoms with Crippen LogP contribution in [0.2, 0.25) is 0 Å². The van der Waals surface area contributed by atoms with Crippen LogP contribution in [0.1, 0.15) is 130 Å². The van der Waals surface area contributed by atoms with Crippen LogP contribution in [0.4, 0.5) is 0 Å². The van der Waals surface area contributed by atoms with Gasteiger partial charge in [0, 0.05) is 13.7 Å². The van der Waals surface area contributed by atoms with E-state index >= 15 is 0 Å². The molecule has 0 radical (unpaired) electrons. The van der Waals surface area contributed by atoms with Gasteiger partial charge >= 0.3 is 0 Å². The Bertz CT molecular complexity index is 537. The molecule has 0 aromatic rings. The van der Waals surface area contributed by atoms with Gasteiger partial charge in [-0.25, -0.2) is 0 Å². The summed E-state index contributed by atoms with van der Waals surface area (Å²) in [6, 6.07) is 0. The lowest BCUT2D eigenvalue weighted by molar-refractivity contribution is -0.104. The quantitative estimate of drug-likeness (QED) is 0.173. The highest BCUT2D eigenvalue weighted by Crippen LogP contribution is 2.47. The van der Waals surface area contributed by atoms with Crippen molar-refractivity contribution in [1.82, 2.24) is 0 Å². The first-order valence-corrected chi connectivity index (χ1v) is 15.1. The van der Waals surface area contributed by atoms with E-state index in [1.165, 1.54) is 77.0 Å². The normalized spacial score (nSPS) is 31.0. The molecular weight excluding hydrogens is 432 g/mol. The van der Waals surface area contributed by atoms with Gasteiger partial charge in [-0.15, -0.1) is 0 Å². The molecule has 0 amide bonds. The van der Waals surface area contributed by atoms with E-state index in [2.05, 4.69) is 20.4 Å². The third-order valence-corrected chi connectivity index (χ3v) is 9.24. The van der Waals surface area contributed by atoms with Gasteiger partial charge in [0.1, 0.15) is 6.29 Å². The number of fused-ring (bicyclic) bond motifs is 1. The summed E-state index contributed by atoms with van der Waals surface area (Å²) in [6.07, 6.45) is 26.1. The van der Waals surface area contributed by atoms with Crippen molar-refractivity contribution in [3.63, 3.8) is 0 Å². The standard InChI is InChI=1S/C27H50O.C4H6O.CH4O/c1-3-4-5-6-22-7-9-23(10-8-22)11-12-24-13-15-27-19-25(17-21(2)20-28)14-16-26(27)18-24;1-4(2)3-5;1-2/h21-28H,3-20H2,1-2H3;3H,1H2,2H3;2H,1H3. The summed E-state index contributed by atoms with van der Waals surface area (Å²) in [5.74, 6) is 6.69. The molecule has 3 aliphatic carbocycles. The monoisotopic (exact) mass is 492 g/mol. The largest absolute Gasteiger partial charge is 0.400 e. The van der Waals surface area contributed by atoms with E-state index < -0.39 is 0 Å². The van der Waals surface area contributed by atoms with Crippen molar-refractivity contribution in [2.45, 2.75) is 130 Å². The highest BCUT2D eigenvalue weighted by molar-refractivity contribution is 5.70. The second kappa shape index (κ2) is 19.4. The van der Waals surface area contributed by atoms with Crippen molar-refractivity contribution >= 4 is 6.29 Å². The van der Waals surface area contributed by atoms with Crippen LogP contribution in [0.15, 0.2) is 12.2 Å². The van der Waals surface area contributed by atoms with Crippen LogP contribution in [0.5, 0.6) is 0 Å². The van der Waals surface area contributed by atoms with Crippen LogP contribution < -0.4 is 0 Å².